The van der Waals surface area contributed by atoms with Crippen molar-refractivity contribution in [2.24, 2.45) is 5.84 Å². The van der Waals surface area contributed by atoms with Gasteiger partial charge in [-0.1, -0.05) is 30.3 Å². The van der Waals surface area contributed by atoms with Gasteiger partial charge in [-0.3, -0.25) is 29.9 Å². The summed E-state index contributed by atoms with van der Waals surface area (Å²) in [5, 5.41) is 11.8. The first-order valence-electron chi connectivity index (χ1n) is 9.61. The highest BCUT2D eigenvalue weighted by molar-refractivity contribution is 7.85. The Morgan fingerprint density at radius 2 is 1.55 bits per heavy atom. The predicted octanol–water partition coefficient (Wildman–Crippen LogP) is 2.61. The number of rotatable bonds is 5. The van der Waals surface area contributed by atoms with Crippen molar-refractivity contribution in [1.82, 2.24) is 10.9 Å². The van der Waals surface area contributed by atoms with Gasteiger partial charge in [-0.2, -0.15) is 8.42 Å². The van der Waals surface area contributed by atoms with Gasteiger partial charge in [0.25, 0.3) is 15.8 Å². The van der Waals surface area contributed by atoms with Crippen molar-refractivity contribution in [3.05, 3.63) is 94.5 Å². The number of hydrazine groups is 2. The number of hydrogen-bond acceptors (Lipinski definition) is 8. The Morgan fingerprint density at radius 1 is 0.970 bits per heavy atom. The number of hydrogen-bond donors (Lipinski definition) is 4. The molecule has 12 heteroatoms. The minimum absolute atomic E-state index is 0.0519. The Hall–Kier alpha value is -3.84. The standard InChI is InChI=1S/C12H12N2O3S.C9H9N3O3/c13-14(10-4-2-1-3-5-10)11-6-8-12(9-7-11)18(15,16)17;13-9-5-8(10-11-9)6-1-3-7(4-2-6)12(14)15/h1-9H,13H2,(H,15,16,17);1-4,8,10H,5H2,(H,11,13). The fraction of sp³-hybridized carbons (Fsp3) is 0.0952. The van der Waals surface area contributed by atoms with E-state index in [1.165, 1.54) is 41.4 Å². The van der Waals surface area contributed by atoms with E-state index in [9.17, 15) is 23.3 Å². The third-order valence-electron chi connectivity index (χ3n) is 4.73. The summed E-state index contributed by atoms with van der Waals surface area (Å²) < 4.78 is 30.7. The van der Waals surface area contributed by atoms with Crippen molar-refractivity contribution < 1.29 is 22.7 Å². The lowest BCUT2D eigenvalue weighted by Gasteiger charge is -2.18. The maximum absolute atomic E-state index is 10.9. The summed E-state index contributed by atoms with van der Waals surface area (Å²) >= 11 is 0. The molecule has 1 aliphatic rings. The average Bonchev–Trinajstić information content (AvgIpc) is 3.25. The number of nitrogens with two attached hydrogens (primary N) is 1. The maximum atomic E-state index is 10.9. The van der Waals surface area contributed by atoms with Crippen LogP contribution in [0.5, 0.6) is 0 Å². The largest absolute Gasteiger partial charge is 0.294 e. The van der Waals surface area contributed by atoms with E-state index in [4.69, 9.17) is 10.4 Å². The van der Waals surface area contributed by atoms with E-state index in [1.807, 2.05) is 30.3 Å². The van der Waals surface area contributed by atoms with E-state index in [0.717, 1.165) is 11.3 Å². The molecule has 0 saturated carbocycles. The van der Waals surface area contributed by atoms with E-state index in [1.54, 1.807) is 12.1 Å². The number of amides is 1. The Morgan fingerprint density at radius 3 is 2.03 bits per heavy atom. The van der Waals surface area contributed by atoms with Crippen LogP contribution in [0.3, 0.4) is 0 Å². The smallest absolute Gasteiger partial charge is 0.291 e. The van der Waals surface area contributed by atoms with Gasteiger partial charge in [0.15, 0.2) is 0 Å². The first-order chi connectivity index (χ1) is 15.6. The third kappa shape index (κ3) is 6.33. The first kappa shape index (κ1) is 23.8. The first-order valence-corrected chi connectivity index (χ1v) is 11.1. The molecule has 0 spiro atoms. The molecule has 0 bridgehead atoms. The molecule has 1 aliphatic heterocycles. The molecule has 1 heterocycles. The normalized spacial score (nSPS) is 15.2. The van der Waals surface area contributed by atoms with Gasteiger partial charge < -0.3 is 0 Å². The molecule has 3 aromatic carbocycles. The molecule has 1 fully saturated rings. The van der Waals surface area contributed by atoms with E-state index in [-0.39, 0.29) is 22.5 Å². The molecule has 0 aromatic heterocycles. The van der Waals surface area contributed by atoms with Crippen LogP contribution in [-0.4, -0.2) is 23.8 Å². The molecule has 11 nitrogen and oxygen atoms in total. The van der Waals surface area contributed by atoms with E-state index >= 15 is 0 Å². The van der Waals surface area contributed by atoms with Crippen molar-refractivity contribution in [1.29, 1.82) is 0 Å². The van der Waals surface area contributed by atoms with Crippen LogP contribution in [0.1, 0.15) is 18.0 Å². The zero-order valence-corrected chi connectivity index (χ0v) is 18.0. The average molecular weight is 471 g/mol. The predicted molar refractivity (Wildman–Crippen MR) is 121 cm³/mol. The Labute approximate surface area is 189 Å². The summed E-state index contributed by atoms with van der Waals surface area (Å²) in [4.78, 5) is 20.7. The highest BCUT2D eigenvalue weighted by Crippen LogP contribution is 2.23. The summed E-state index contributed by atoms with van der Waals surface area (Å²) in [6.07, 6.45) is 0.359. The number of non-ortho nitro benzene ring substituents is 1. The van der Waals surface area contributed by atoms with Gasteiger partial charge in [0, 0.05) is 18.6 Å². The van der Waals surface area contributed by atoms with Gasteiger partial charge in [0.05, 0.1) is 27.2 Å². The zero-order chi connectivity index (χ0) is 24.0. The summed E-state index contributed by atoms with van der Waals surface area (Å²) in [7, 11) is -4.17. The molecule has 33 heavy (non-hydrogen) atoms. The summed E-state index contributed by atoms with van der Waals surface area (Å²) in [5.41, 5.74) is 7.59. The Balaban J connectivity index is 0.000000189. The second-order valence-electron chi connectivity index (χ2n) is 6.97. The second-order valence-corrected chi connectivity index (χ2v) is 8.39. The third-order valence-corrected chi connectivity index (χ3v) is 5.60. The van der Waals surface area contributed by atoms with Gasteiger partial charge in [-0.25, -0.2) is 11.3 Å². The number of nitro groups is 1. The van der Waals surface area contributed by atoms with Crippen LogP contribution < -0.4 is 21.7 Å². The number of carbonyl (C=O) groups excluding carboxylic acids is 1. The lowest BCUT2D eigenvalue weighted by atomic mass is 10.1. The molecule has 4 rings (SSSR count). The minimum Gasteiger partial charge on any atom is -0.291 e. The van der Waals surface area contributed by atoms with Crippen LogP contribution in [0, 0.1) is 10.1 Å². The molecule has 5 N–H and O–H groups in total. The van der Waals surface area contributed by atoms with Crippen molar-refractivity contribution in [3.63, 3.8) is 0 Å². The number of nitrogens with zero attached hydrogens (tertiary/aromatic N) is 2. The Bertz CT molecular complexity index is 1220. The highest BCUT2D eigenvalue weighted by atomic mass is 32.2. The van der Waals surface area contributed by atoms with Crippen LogP contribution in [0.25, 0.3) is 0 Å². The minimum atomic E-state index is -4.17. The molecule has 0 aliphatic carbocycles. The molecular formula is C21H21N5O6S. The number of anilines is 2. The molecule has 1 atom stereocenters. The van der Waals surface area contributed by atoms with Crippen LogP contribution in [0.4, 0.5) is 17.1 Å². The lowest BCUT2D eigenvalue weighted by Crippen LogP contribution is -2.27. The van der Waals surface area contributed by atoms with Gasteiger partial charge >= 0.3 is 0 Å². The fourth-order valence-corrected chi connectivity index (χ4v) is 3.48. The van der Waals surface area contributed by atoms with Gasteiger partial charge in [0.1, 0.15) is 0 Å². The fourth-order valence-electron chi connectivity index (χ4n) is 3.00. The monoisotopic (exact) mass is 471 g/mol. The molecular weight excluding hydrogens is 450 g/mol. The van der Waals surface area contributed by atoms with Crippen LogP contribution in [0.15, 0.2) is 83.8 Å². The van der Waals surface area contributed by atoms with Crippen molar-refractivity contribution in [2.75, 3.05) is 5.01 Å². The summed E-state index contributed by atoms with van der Waals surface area (Å²) in [5.74, 6) is 5.83. The van der Waals surface area contributed by atoms with Crippen molar-refractivity contribution in [3.8, 4) is 0 Å². The number of carbonyl (C=O) groups is 1. The molecule has 1 unspecified atom stereocenters. The van der Waals surface area contributed by atoms with Gasteiger partial charge in [0.2, 0.25) is 5.91 Å². The maximum Gasteiger partial charge on any atom is 0.294 e. The van der Waals surface area contributed by atoms with Crippen molar-refractivity contribution >= 4 is 33.1 Å². The summed E-state index contributed by atoms with van der Waals surface area (Å²) in [6, 6.07) is 20.9. The van der Waals surface area contributed by atoms with Crippen LogP contribution >= 0.6 is 0 Å². The van der Waals surface area contributed by atoms with Gasteiger partial charge in [-0.05, 0) is 42.0 Å². The topological polar surface area (TPSA) is 168 Å². The van der Waals surface area contributed by atoms with E-state index in [2.05, 4.69) is 10.9 Å². The number of benzene rings is 3. The number of nitrogens with one attached hydrogen (secondary N) is 2. The van der Waals surface area contributed by atoms with Crippen LogP contribution in [-0.2, 0) is 14.9 Å². The van der Waals surface area contributed by atoms with E-state index < -0.39 is 15.0 Å². The van der Waals surface area contributed by atoms with Crippen LogP contribution in [0.2, 0.25) is 0 Å². The highest BCUT2D eigenvalue weighted by Gasteiger charge is 2.22. The summed E-state index contributed by atoms with van der Waals surface area (Å²) in [6.45, 7) is 0. The molecule has 0 radical (unpaired) electrons. The molecule has 172 valence electrons. The number of nitro benzene ring substituents is 1. The Kier molecular flexibility index (Phi) is 7.35. The quantitative estimate of drug-likeness (QED) is 0.189. The lowest BCUT2D eigenvalue weighted by molar-refractivity contribution is -0.384. The molecule has 1 amide bonds. The second kappa shape index (κ2) is 10.2. The molecule has 3 aromatic rings. The number of para-hydroxylation sites is 1. The van der Waals surface area contributed by atoms with E-state index in [0.29, 0.717) is 12.1 Å². The van der Waals surface area contributed by atoms with Crippen molar-refractivity contribution in [2.45, 2.75) is 17.4 Å². The molecule has 1 saturated heterocycles. The zero-order valence-electron chi connectivity index (χ0n) is 17.2. The van der Waals surface area contributed by atoms with Gasteiger partial charge in [-0.15, -0.1) is 0 Å². The SMILES string of the molecule is NN(c1ccccc1)c1ccc(S(=O)(=O)O)cc1.O=C1CC(c2ccc([N+](=O)[O-])cc2)NN1.